The first-order valence-corrected chi connectivity index (χ1v) is 6.36. The molecule has 1 saturated heterocycles. The van der Waals surface area contributed by atoms with Gasteiger partial charge in [-0.25, -0.2) is 4.79 Å². The molecule has 0 saturated carbocycles. The number of carboxylic acid groups (broad SMARTS) is 1. The number of aromatic nitrogens is 1. The Balaban J connectivity index is 2.39. The predicted octanol–water partition coefficient (Wildman–Crippen LogP) is 1.76. The first kappa shape index (κ1) is 13.6. The second kappa shape index (κ2) is 4.68. The molecule has 1 aliphatic rings. The van der Waals surface area contributed by atoms with E-state index >= 15 is 0 Å². The molecule has 0 spiro atoms. The van der Waals surface area contributed by atoms with E-state index in [-0.39, 0.29) is 5.91 Å². The Hall–Kier alpha value is -1.85. The van der Waals surface area contributed by atoms with Crippen LogP contribution in [0, 0.1) is 13.8 Å². The largest absolute Gasteiger partial charge is 0.480 e. The van der Waals surface area contributed by atoms with E-state index in [9.17, 15) is 14.7 Å². The lowest BCUT2D eigenvalue weighted by Gasteiger charge is -2.41. The SMILES string of the molecule is Cc1noc(C)c1C(=O)N1CCCCC1(C)C(=O)O. The zero-order valence-corrected chi connectivity index (χ0v) is 11.4. The zero-order valence-electron chi connectivity index (χ0n) is 11.4. The normalized spacial score (nSPS) is 23.4. The first-order valence-electron chi connectivity index (χ1n) is 6.36. The number of aliphatic carboxylic acids is 1. The Bertz CT molecular complexity index is 503. The van der Waals surface area contributed by atoms with Crippen molar-refractivity contribution in [1.29, 1.82) is 0 Å². The van der Waals surface area contributed by atoms with Crippen LogP contribution in [0.25, 0.3) is 0 Å². The van der Waals surface area contributed by atoms with Crippen LogP contribution in [0.15, 0.2) is 4.52 Å². The van der Waals surface area contributed by atoms with Gasteiger partial charge >= 0.3 is 5.97 Å². The summed E-state index contributed by atoms with van der Waals surface area (Å²) >= 11 is 0. The van der Waals surface area contributed by atoms with Gasteiger partial charge in [-0.15, -0.1) is 0 Å². The fourth-order valence-electron chi connectivity index (χ4n) is 2.59. The van der Waals surface area contributed by atoms with E-state index in [2.05, 4.69) is 5.16 Å². The van der Waals surface area contributed by atoms with E-state index in [0.717, 1.165) is 12.8 Å². The molecule has 1 unspecified atom stereocenters. The van der Waals surface area contributed by atoms with Gasteiger partial charge in [-0.1, -0.05) is 5.16 Å². The molecule has 1 aromatic rings. The molecule has 0 aromatic carbocycles. The van der Waals surface area contributed by atoms with Crippen LogP contribution in [0.1, 0.15) is 48.0 Å². The van der Waals surface area contributed by atoms with E-state index in [0.29, 0.717) is 30.0 Å². The topological polar surface area (TPSA) is 83.6 Å². The fraction of sp³-hybridized carbons (Fsp3) is 0.615. The number of hydrogen-bond donors (Lipinski definition) is 1. The van der Waals surface area contributed by atoms with Crippen LogP contribution in [0.2, 0.25) is 0 Å². The molecule has 0 radical (unpaired) electrons. The Morgan fingerprint density at radius 2 is 2.05 bits per heavy atom. The second-order valence-corrected chi connectivity index (χ2v) is 5.19. The number of aryl methyl sites for hydroxylation is 2. The number of likely N-dealkylation sites (tertiary alicyclic amines) is 1. The summed E-state index contributed by atoms with van der Waals surface area (Å²) < 4.78 is 4.99. The molecule has 1 aliphatic heterocycles. The van der Waals surface area contributed by atoms with Crippen molar-refractivity contribution in [3.8, 4) is 0 Å². The van der Waals surface area contributed by atoms with Crippen LogP contribution in [0.3, 0.4) is 0 Å². The molecule has 1 fully saturated rings. The molecular formula is C13H18N2O4. The van der Waals surface area contributed by atoms with Gasteiger partial charge in [0.05, 0.1) is 5.69 Å². The van der Waals surface area contributed by atoms with Crippen molar-refractivity contribution in [3.05, 3.63) is 17.0 Å². The van der Waals surface area contributed by atoms with E-state index in [1.807, 2.05) is 0 Å². The van der Waals surface area contributed by atoms with E-state index < -0.39 is 11.5 Å². The third-order valence-corrected chi connectivity index (χ3v) is 3.84. The van der Waals surface area contributed by atoms with Crippen LogP contribution < -0.4 is 0 Å². The molecule has 0 bridgehead atoms. The summed E-state index contributed by atoms with van der Waals surface area (Å²) in [4.78, 5) is 25.5. The van der Waals surface area contributed by atoms with Gasteiger partial charge in [-0.2, -0.15) is 0 Å². The maximum atomic E-state index is 12.6. The summed E-state index contributed by atoms with van der Waals surface area (Å²) in [6.07, 6.45) is 2.10. The van der Waals surface area contributed by atoms with E-state index in [4.69, 9.17) is 4.52 Å². The number of carboxylic acids is 1. The number of amides is 1. The predicted molar refractivity (Wildman–Crippen MR) is 66.9 cm³/mol. The van der Waals surface area contributed by atoms with Crippen LogP contribution in [-0.4, -0.2) is 39.1 Å². The van der Waals surface area contributed by atoms with Crippen LogP contribution in [0.5, 0.6) is 0 Å². The molecule has 0 aliphatic carbocycles. The monoisotopic (exact) mass is 266 g/mol. The Kier molecular flexibility index (Phi) is 3.34. The maximum Gasteiger partial charge on any atom is 0.329 e. The van der Waals surface area contributed by atoms with E-state index in [1.54, 1.807) is 20.8 Å². The van der Waals surface area contributed by atoms with Crippen molar-refractivity contribution in [2.45, 2.75) is 45.6 Å². The highest BCUT2D eigenvalue weighted by Crippen LogP contribution is 2.30. The summed E-state index contributed by atoms with van der Waals surface area (Å²) in [6.45, 7) is 5.40. The standard InChI is InChI=1S/C13H18N2O4/c1-8-10(9(2)19-14-8)11(16)15-7-5-4-6-13(15,3)12(17)18/h4-7H2,1-3H3,(H,17,18). The molecule has 1 amide bonds. The zero-order chi connectivity index (χ0) is 14.2. The summed E-state index contributed by atoms with van der Waals surface area (Å²) in [6, 6.07) is 0. The average molecular weight is 266 g/mol. The number of piperidine rings is 1. The van der Waals surface area contributed by atoms with Gasteiger partial charge in [0.15, 0.2) is 0 Å². The molecular weight excluding hydrogens is 248 g/mol. The quantitative estimate of drug-likeness (QED) is 0.881. The number of carbonyl (C=O) groups is 2. The van der Waals surface area contributed by atoms with Gasteiger partial charge < -0.3 is 14.5 Å². The maximum absolute atomic E-state index is 12.6. The Morgan fingerprint density at radius 3 is 2.58 bits per heavy atom. The van der Waals surface area contributed by atoms with Gasteiger partial charge in [0.2, 0.25) is 0 Å². The summed E-state index contributed by atoms with van der Waals surface area (Å²) in [5, 5.41) is 13.2. The molecule has 6 heteroatoms. The first-order chi connectivity index (χ1) is 8.88. The lowest BCUT2D eigenvalue weighted by atomic mass is 9.87. The lowest BCUT2D eigenvalue weighted by Crippen LogP contribution is -2.57. The minimum absolute atomic E-state index is 0.305. The summed E-state index contributed by atoms with van der Waals surface area (Å²) in [5.74, 6) is -0.839. The highest BCUT2D eigenvalue weighted by Gasteiger charge is 2.45. The van der Waals surface area contributed by atoms with Crippen LogP contribution >= 0.6 is 0 Å². The van der Waals surface area contributed by atoms with Gasteiger partial charge in [-0.3, -0.25) is 4.79 Å². The van der Waals surface area contributed by atoms with Crippen molar-refractivity contribution >= 4 is 11.9 Å². The van der Waals surface area contributed by atoms with Crippen LogP contribution in [0.4, 0.5) is 0 Å². The van der Waals surface area contributed by atoms with Crippen LogP contribution in [-0.2, 0) is 4.79 Å². The molecule has 1 aromatic heterocycles. The molecule has 2 heterocycles. The smallest absolute Gasteiger partial charge is 0.329 e. The third-order valence-electron chi connectivity index (χ3n) is 3.84. The Labute approximate surface area is 111 Å². The van der Waals surface area contributed by atoms with Crippen molar-refractivity contribution in [1.82, 2.24) is 10.1 Å². The van der Waals surface area contributed by atoms with Crippen molar-refractivity contribution < 1.29 is 19.2 Å². The highest BCUT2D eigenvalue weighted by molar-refractivity contribution is 5.99. The Morgan fingerprint density at radius 1 is 1.37 bits per heavy atom. The fourth-order valence-corrected chi connectivity index (χ4v) is 2.59. The minimum atomic E-state index is -1.15. The average Bonchev–Trinajstić information content (AvgIpc) is 2.68. The molecule has 2 rings (SSSR count). The molecule has 1 atom stereocenters. The summed E-state index contributed by atoms with van der Waals surface area (Å²) in [5.41, 5.74) is -0.263. The van der Waals surface area contributed by atoms with Gasteiger partial charge in [-0.05, 0) is 40.0 Å². The number of carbonyl (C=O) groups excluding carboxylic acids is 1. The minimum Gasteiger partial charge on any atom is -0.480 e. The molecule has 104 valence electrons. The number of rotatable bonds is 2. The second-order valence-electron chi connectivity index (χ2n) is 5.19. The highest BCUT2D eigenvalue weighted by atomic mass is 16.5. The third kappa shape index (κ3) is 2.11. The lowest BCUT2D eigenvalue weighted by molar-refractivity contribution is -0.150. The number of nitrogens with zero attached hydrogens (tertiary/aromatic N) is 2. The van der Waals surface area contributed by atoms with Gasteiger partial charge in [0.25, 0.3) is 5.91 Å². The van der Waals surface area contributed by atoms with E-state index in [1.165, 1.54) is 4.90 Å². The molecule has 6 nitrogen and oxygen atoms in total. The van der Waals surface area contributed by atoms with Crippen molar-refractivity contribution in [2.24, 2.45) is 0 Å². The number of hydrogen-bond acceptors (Lipinski definition) is 4. The molecule has 19 heavy (non-hydrogen) atoms. The van der Waals surface area contributed by atoms with Gasteiger partial charge in [0, 0.05) is 6.54 Å². The van der Waals surface area contributed by atoms with Gasteiger partial charge in [0.1, 0.15) is 16.9 Å². The molecule has 1 N–H and O–H groups in total. The summed E-state index contributed by atoms with van der Waals surface area (Å²) in [7, 11) is 0. The van der Waals surface area contributed by atoms with Crippen molar-refractivity contribution in [3.63, 3.8) is 0 Å². The van der Waals surface area contributed by atoms with Crippen molar-refractivity contribution in [2.75, 3.05) is 6.54 Å².